The van der Waals surface area contributed by atoms with Crippen molar-refractivity contribution in [2.75, 3.05) is 11.9 Å². The van der Waals surface area contributed by atoms with Crippen LogP contribution in [0, 0.1) is 0 Å². The summed E-state index contributed by atoms with van der Waals surface area (Å²) >= 11 is 0. The number of rotatable bonds is 5. The van der Waals surface area contributed by atoms with Crippen molar-refractivity contribution in [3.63, 3.8) is 0 Å². The first-order chi connectivity index (χ1) is 14.9. The first kappa shape index (κ1) is 21.1. The van der Waals surface area contributed by atoms with Gasteiger partial charge in [0.2, 0.25) is 5.91 Å². The lowest BCUT2D eigenvalue weighted by Crippen LogP contribution is -2.37. The number of pyridine rings is 1. The quantitative estimate of drug-likeness (QED) is 0.567. The van der Waals surface area contributed by atoms with Crippen molar-refractivity contribution in [3.8, 4) is 0 Å². The highest BCUT2D eigenvalue weighted by molar-refractivity contribution is 5.86. The molecule has 1 aliphatic rings. The Hall–Kier alpha value is -3.14. The zero-order chi connectivity index (χ0) is 21.8. The summed E-state index contributed by atoms with van der Waals surface area (Å²) in [7, 11) is 0. The number of hydrogen-bond acceptors (Lipinski definition) is 3. The monoisotopic (exact) mass is 413 g/mol. The number of carbonyl (C=O) groups is 1. The van der Waals surface area contributed by atoms with Gasteiger partial charge in [-0.15, -0.1) is 0 Å². The lowest BCUT2D eigenvalue weighted by molar-refractivity contribution is -0.133. The van der Waals surface area contributed by atoms with Crippen LogP contribution >= 0.6 is 0 Å². The molecular formula is C27H31N3O. The van der Waals surface area contributed by atoms with Crippen molar-refractivity contribution in [1.82, 2.24) is 9.88 Å². The molecule has 0 aliphatic carbocycles. The second kappa shape index (κ2) is 8.93. The first-order valence-corrected chi connectivity index (χ1v) is 11.1. The summed E-state index contributed by atoms with van der Waals surface area (Å²) in [4.78, 5) is 20.0. The Morgan fingerprint density at radius 1 is 1.00 bits per heavy atom. The molecule has 0 spiro atoms. The van der Waals surface area contributed by atoms with E-state index in [-0.39, 0.29) is 17.4 Å². The summed E-state index contributed by atoms with van der Waals surface area (Å²) in [6.07, 6.45) is 5.61. The standard InChI is InChI=1S/C27H31N3O/c1-27(2,3)22-13-11-21(12-14-22)25(29-23-8-5-4-6-9-23)26(31)30-19-7-10-24(30)20-15-17-28-18-16-20/h4-6,8-9,11-18,24-25,29H,7,10,19H2,1-3H3. The summed E-state index contributed by atoms with van der Waals surface area (Å²) < 4.78 is 0. The van der Waals surface area contributed by atoms with Crippen LogP contribution in [0.25, 0.3) is 0 Å². The Balaban J connectivity index is 1.66. The molecule has 2 aromatic carbocycles. The van der Waals surface area contributed by atoms with Gasteiger partial charge in [-0.2, -0.15) is 0 Å². The van der Waals surface area contributed by atoms with Crippen LogP contribution in [0.5, 0.6) is 0 Å². The van der Waals surface area contributed by atoms with E-state index in [0.717, 1.165) is 36.2 Å². The first-order valence-electron chi connectivity index (χ1n) is 11.1. The van der Waals surface area contributed by atoms with E-state index in [2.05, 4.69) is 55.3 Å². The molecule has 1 fully saturated rings. The summed E-state index contributed by atoms with van der Waals surface area (Å²) in [6, 6.07) is 22.2. The Morgan fingerprint density at radius 3 is 2.32 bits per heavy atom. The lowest BCUT2D eigenvalue weighted by atomic mass is 9.86. The molecule has 1 N–H and O–H groups in total. The second-order valence-corrected chi connectivity index (χ2v) is 9.29. The highest BCUT2D eigenvalue weighted by atomic mass is 16.2. The van der Waals surface area contributed by atoms with E-state index < -0.39 is 6.04 Å². The predicted octanol–water partition coefficient (Wildman–Crippen LogP) is 5.90. The zero-order valence-corrected chi connectivity index (χ0v) is 18.6. The van der Waals surface area contributed by atoms with Gasteiger partial charge in [0.1, 0.15) is 6.04 Å². The van der Waals surface area contributed by atoms with Crippen molar-refractivity contribution in [3.05, 3.63) is 95.8 Å². The maximum absolute atomic E-state index is 13.9. The number of para-hydroxylation sites is 1. The van der Waals surface area contributed by atoms with Gasteiger partial charge in [0.15, 0.2) is 0 Å². The Kier molecular flexibility index (Phi) is 6.08. The molecule has 4 nitrogen and oxygen atoms in total. The lowest BCUT2D eigenvalue weighted by Gasteiger charge is -2.30. The third kappa shape index (κ3) is 4.79. The van der Waals surface area contributed by atoms with Gasteiger partial charge in [-0.1, -0.05) is 63.2 Å². The van der Waals surface area contributed by atoms with Gasteiger partial charge in [-0.05, 0) is 59.2 Å². The topological polar surface area (TPSA) is 45.2 Å². The second-order valence-electron chi connectivity index (χ2n) is 9.29. The number of carbonyl (C=O) groups excluding carboxylic acids is 1. The van der Waals surface area contributed by atoms with Crippen LogP contribution in [-0.2, 0) is 10.2 Å². The maximum atomic E-state index is 13.9. The van der Waals surface area contributed by atoms with E-state index in [1.165, 1.54) is 5.56 Å². The van der Waals surface area contributed by atoms with E-state index in [9.17, 15) is 4.79 Å². The van der Waals surface area contributed by atoms with Gasteiger partial charge in [0.05, 0.1) is 6.04 Å². The molecule has 2 atom stereocenters. The SMILES string of the molecule is CC(C)(C)c1ccc(C(Nc2ccccc2)C(=O)N2CCCC2c2ccncc2)cc1. The fraction of sp³-hybridized carbons (Fsp3) is 0.333. The molecule has 2 unspecified atom stereocenters. The van der Waals surface area contributed by atoms with Gasteiger partial charge in [-0.3, -0.25) is 9.78 Å². The average Bonchev–Trinajstić information content (AvgIpc) is 3.28. The molecule has 1 aromatic heterocycles. The number of benzene rings is 2. The Bertz CT molecular complexity index is 994. The van der Waals surface area contributed by atoms with E-state index >= 15 is 0 Å². The molecule has 1 aliphatic heterocycles. The van der Waals surface area contributed by atoms with E-state index in [4.69, 9.17) is 0 Å². The Labute approximate surface area is 185 Å². The molecule has 4 rings (SSSR count). The van der Waals surface area contributed by atoms with E-state index in [1.807, 2.05) is 47.4 Å². The van der Waals surface area contributed by atoms with Crippen LogP contribution in [0.4, 0.5) is 5.69 Å². The number of hydrogen-bond donors (Lipinski definition) is 1. The molecule has 0 saturated carbocycles. The van der Waals surface area contributed by atoms with E-state index in [1.54, 1.807) is 12.4 Å². The van der Waals surface area contributed by atoms with Crippen LogP contribution in [0.2, 0.25) is 0 Å². The van der Waals surface area contributed by atoms with Crippen LogP contribution in [0.1, 0.15) is 62.4 Å². The number of nitrogens with zero attached hydrogens (tertiary/aromatic N) is 2. The molecule has 3 aromatic rings. The van der Waals surface area contributed by atoms with Crippen molar-refractivity contribution in [2.45, 2.75) is 51.1 Å². The third-order valence-electron chi connectivity index (χ3n) is 6.07. The summed E-state index contributed by atoms with van der Waals surface area (Å²) in [5, 5.41) is 3.50. The van der Waals surface area contributed by atoms with Crippen molar-refractivity contribution in [2.24, 2.45) is 0 Å². The molecule has 31 heavy (non-hydrogen) atoms. The third-order valence-corrected chi connectivity index (χ3v) is 6.07. The minimum Gasteiger partial charge on any atom is -0.370 e. The number of amides is 1. The van der Waals surface area contributed by atoms with Crippen molar-refractivity contribution in [1.29, 1.82) is 0 Å². The normalized spacial score (nSPS) is 17.4. The fourth-order valence-electron chi connectivity index (χ4n) is 4.29. The van der Waals surface area contributed by atoms with Crippen molar-refractivity contribution < 1.29 is 4.79 Å². The minimum atomic E-state index is -0.432. The number of anilines is 1. The van der Waals surface area contributed by atoms with Crippen LogP contribution in [0.3, 0.4) is 0 Å². The van der Waals surface area contributed by atoms with Crippen LogP contribution in [0.15, 0.2) is 79.1 Å². The molecule has 4 heteroatoms. The predicted molar refractivity (Wildman–Crippen MR) is 126 cm³/mol. The van der Waals surface area contributed by atoms with Gasteiger partial charge in [0.25, 0.3) is 0 Å². The van der Waals surface area contributed by atoms with Crippen LogP contribution < -0.4 is 5.32 Å². The van der Waals surface area contributed by atoms with Gasteiger partial charge < -0.3 is 10.2 Å². The number of likely N-dealkylation sites (tertiary alicyclic amines) is 1. The summed E-state index contributed by atoms with van der Waals surface area (Å²) in [5.74, 6) is 0.117. The van der Waals surface area contributed by atoms with Crippen molar-refractivity contribution >= 4 is 11.6 Å². The van der Waals surface area contributed by atoms with Gasteiger partial charge in [0, 0.05) is 24.6 Å². The highest BCUT2D eigenvalue weighted by Crippen LogP contribution is 2.35. The zero-order valence-electron chi connectivity index (χ0n) is 18.6. The minimum absolute atomic E-state index is 0.0757. The summed E-state index contributed by atoms with van der Waals surface area (Å²) in [6.45, 7) is 7.39. The average molecular weight is 414 g/mol. The van der Waals surface area contributed by atoms with Gasteiger partial charge >= 0.3 is 0 Å². The summed E-state index contributed by atoms with van der Waals surface area (Å²) in [5.41, 5.74) is 4.43. The molecule has 0 radical (unpaired) electrons. The van der Waals surface area contributed by atoms with Crippen LogP contribution in [-0.4, -0.2) is 22.3 Å². The molecule has 2 heterocycles. The molecule has 160 valence electrons. The number of nitrogens with one attached hydrogen (secondary N) is 1. The van der Waals surface area contributed by atoms with Gasteiger partial charge in [-0.25, -0.2) is 0 Å². The largest absolute Gasteiger partial charge is 0.370 e. The molecule has 1 amide bonds. The fourth-order valence-corrected chi connectivity index (χ4v) is 4.29. The highest BCUT2D eigenvalue weighted by Gasteiger charge is 2.35. The smallest absolute Gasteiger partial charge is 0.250 e. The molecule has 1 saturated heterocycles. The molecular weight excluding hydrogens is 382 g/mol. The van der Waals surface area contributed by atoms with E-state index in [0.29, 0.717) is 0 Å². The maximum Gasteiger partial charge on any atom is 0.250 e. The Morgan fingerprint density at radius 2 is 1.68 bits per heavy atom. The molecule has 0 bridgehead atoms. The number of aromatic nitrogens is 1.